The summed E-state index contributed by atoms with van der Waals surface area (Å²) in [4.78, 5) is 0. The number of halogens is 6. The molecule has 1 aromatic rings. The van der Waals surface area contributed by atoms with Gasteiger partial charge in [-0.05, 0) is 30.5 Å². The molecule has 0 aliphatic heterocycles. The molecule has 0 amide bonds. The van der Waals surface area contributed by atoms with Crippen molar-refractivity contribution in [1.29, 1.82) is 0 Å². The Bertz CT molecular complexity index is 492. The fourth-order valence-corrected chi connectivity index (χ4v) is 1.74. The third-order valence-corrected chi connectivity index (χ3v) is 2.91. The van der Waals surface area contributed by atoms with Gasteiger partial charge >= 0.3 is 12.4 Å². The first-order chi connectivity index (χ1) is 9.65. The standard InChI is InChI=1S/C13H13F6NO/c14-12(15,16)7-21-11-4-1-8(6-20-9-2-3-9)5-10(11)13(17,18)19/h1,4-5,9,20H,2-3,6-7H2. The van der Waals surface area contributed by atoms with Gasteiger partial charge in [-0.3, -0.25) is 0 Å². The summed E-state index contributed by atoms with van der Waals surface area (Å²) < 4.78 is 79.0. The first-order valence-electron chi connectivity index (χ1n) is 6.28. The molecule has 21 heavy (non-hydrogen) atoms. The number of benzene rings is 1. The largest absolute Gasteiger partial charge is 0.483 e. The highest BCUT2D eigenvalue weighted by Gasteiger charge is 2.36. The van der Waals surface area contributed by atoms with E-state index in [0.717, 1.165) is 25.0 Å². The molecule has 1 fully saturated rings. The fourth-order valence-electron chi connectivity index (χ4n) is 1.74. The molecule has 1 saturated carbocycles. The third-order valence-electron chi connectivity index (χ3n) is 2.91. The summed E-state index contributed by atoms with van der Waals surface area (Å²) in [6, 6.07) is 3.40. The van der Waals surface area contributed by atoms with Crippen LogP contribution in [0, 0.1) is 0 Å². The summed E-state index contributed by atoms with van der Waals surface area (Å²) in [5, 5.41) is 3.04. The Balaban J connectivity index is 2.14. The first-order valence-corrected chi connectivity index (χ1v) is 6.28. The van der Waals surface area contributed by atoms with E-state index in [2.05, 4.69) is 10.1 Å². The van der Waals surface area contributed by atoms with E-state index in [4.69, 9.17) is 0 Å². The van der Waals surface area contributed by atoms with E-state index >= 15 is 0 Å². The zero-order valence-electron chi connectivity index (χ0n) is 10.8. The molecule has 1 aliphatic rings. The van der Waals surface area contributed by atoms with Crippen LogP contribution >= 0.6 is 0 Å². The van der Waals surface area contributed by atoms with Crippen molar-refractivity contribution in [3.63, 3.8) is 0 Å². The maximum absolute atomic E-state index is 12.9. The lowest BCUT2D eigenvalue weighted by atomic mass is 10.1. The highest BCUT2D eigenvalue weighted by Crippen LogP contribution is 2.37. The molecule has 0 unspecified atom stereocenters. The summed E-state index contributed by atoms with van der Waals surface area (Å²) in [6.45, 7) is -1.51. The molecule has 0 bridgehead atoms. The fraction of sp³-hybridized carbons (Fsp3) is 0.538. The van der Waals surface area contributed by atoms with Gasteiger partial charge in [-0.2, -0.15) is 26.3 Å². The highest BCUT2D eigenvalue weighted by molar-refractivity contribution is 5.39. The molecule has 0 spiro atoms. The maximum Gasteiger partial charge on any atom is 0.422 e. The van der Waals surface area contributed by atoms with E-state index < -0.39 is 30.3 Å². The quantitative estimate of drug-likeness (QED) is 0.833. The van der Waals surface area contributed by atoms with Crippen LogP contribution in [0.2, 0.25) is 0 Å². The molecule has 118 valence electrons. The summed E-state index contributed by atoms with van der Waals surface area (Å²) in [5.41, 5.74) is -0.838. The Morgan fingerprint density at radius 2 is 1.76 bits per heavy atom. The van der Waals surface area contributed by atoms with Crippen molar-refractivity contribution < 1.29 is 31.1 Å². The molecule has 2 nitrogen and oxygen atoms in total. The number of rotatable bonds is 5. The molecule has 0 aromatic heterocycles. The lowest BCUT2D eigenvalue weighted by molar-refractivity contribution is -0.158. The van der Waals surface area contributed by atoms with Crippen LogP contribution in [0.25, 0.3) is 0 Å². The zero-order valence-corrected chi connectivity index (χ0v) is 10.8. The van der Waals surface area contributed by atoms with Gasteiger partial charge in [0.15, 0.2) is 6.61 Å². The molecular weight excluding hydrogens is 300 g/mol. The van der Waals surface area contributed by atoms with Gasteiger partial charge in [0, 0.05) is 12.6 Å². The molecular formula is C13H13F6NO. The number of nitrogens with one attached hydrogen (secondary N) is 1. The van der Waals surface area contributed by atoms with Crippen molar-refractivity contribution in [3.8, 4) is 5.75 Å². The summed E-state index contributed by atoms with van der Waals surface area (Å²) in [7, 11) is 0. The molecule has 1 aromatic carbocycles. The second-order valence-corrected chi connectivity index (χ2v) is 4.89. The van der Waals surface area contributed by atoms with Crippen LogP contribution in [0.3, 0.4) is 0 Å². The van der Waals surface area contributed by atoms with Crippen LogP contribution in [0.4, 0.5) is 26.3 Å². The van der Waals surface area contributed by atoms with Crippen molar-refractivity contribution in [1.82, 2.24) is 5.32 Å². The molecule has 0 heterocycles. The molecule has 2 rings (SSSR count). The molecule has 0 radical (unpaired) electrons. The molecule has 0 atom stereocenters. The second kappa shape index (κ2) is 5.75. The van der Waals surface area contributed by atoms with Crippen LogP contribution < -0.4 is 10.1 Å². The lowest BCUT2D eigenvalue weighted by Gasteiger charge is -2.16. The van der Waals surface area contributed by atoms with E-state index in [0.29, 0.717) is 11.6 Å². The van der Waals surface area contributed by atoms with Gasteiger partial charge < -0.3 is 10.1 Å². The van der Waals surface area contributed by atoms with E-state index in [-0.39, 0.29) is 6.54 Å². The SMILES string of the molecule is FC(F)(F)COc1ccc(CNC2CC2)cc1C(F)(F)F. The molecule has 8 heteroatoms. The minimum atomic E-state index is -4.77. The molecule has 1 N–H and O–H groups in total. The Morgan fingerprint density at radius 1 is 1.10 bits per heavy atom. The number of hydrogen-bond donors (Lipinski definition) is 1. The van der Waals surface area contributed by atoms with Crippen molar-refractivity contribution in [2.45, 2.75) is 37.8 Å². The average Bonchev–Trinajstić information content (AvgIpc) is 3.16. The van der Waals surface area contributed by atoms with Crippen molar-refractivity contribution in [3.05, 3.63) is 29.3 Å². The van der Waals surface area contributed by atoms with E-state index in [1.807, 2.05) is 0 Å². The summed E-state index contributed by atoms with van der Waals surface area (Å²) in [6.07, 6.45) is -7.48. The van der Waals surface area contributed by atoms with Gasteiger partial charge in [0.1, 0.15) is 5.75 Å². The predicted molar refractivity (Wildman–Crippen MR) is 62.9 cm³/mol. The van der Waals surface area contributed by atoms with Crippen LogP contribution in [-0.4, -0.2) is 18.8 Å². The number of hydrogen-bond acceptors (Lipinski definition) is 2. The maximum atomic E-state index is 12.9. The highest BCUT2D eigenvalue weighted by atomic mass is 19.4. The zero-order chi connectivity index (χ0) is 15.7. The van der Waals surface area contributed by atoms with Crippen molar-refractivity contribution >= 4 is 0 Å². The van der Waals surface area contributed by atoms with Crippen LogP contribution in [0.1, 0.15) is 24.0 Å². The van der Waals surface area contributed by atoms with Gasteiger partial charge in [0.05, 0.1) is 5.56 Å². The Hall–Kier alpha value is -1.44. The van der Waals surface area contributed by atoms with E-state index in [9.17, 15) is 26.3 Å². The normalized spacial score (nSPS) is 16.1. The van der Waals surface area contributed by atoms with E-state index in [1.165, 1.54) is 6.07 Å². The van der Waals surface area contributed by atoms with Crippen molar-refractivity contribution in [2.24, 2.45) is 0 Å². The first kappa shape index (κ1) is 15.9. The Kier molecular flexibility index (Phi) is 4.36. The number of alkyl halides is 6. The van der Waals surface area contributed by atoms with Crippen LogP contribution in [-0.2, 0) is 12.7 Å². The van der Waals surface area contributed by atoms with Gasteiger partial charge in [0.25, 0.3) is 0 Å². The lowest BCUT2D eigenvalue weighted by Crippen LogP contribution is -2.21. The molecule has 0 saturated heterocycles. The van der Waals surface area contributed by atoms with Crippen LogP contribution in [0.15, 0.2) is 18.2 Å². The minimum Gasteiger partial charge on any atom is -0.483 e. The smallest absolute Gasteiger partial charge is 0.422 e. The number of ether oxygens (including phenoxy) is 1. The van der Waals surface area contributed by atoms with Crippen molar-refractivity contribution in [2.75, 3.05) is 6.61 Å². The third kappa shape index (κ3) is 5.11. The predicted octanol–water partition coefficient (Wildman–Crippen LogP) is 3.90. The van der Waals surface area contributed by atoms with Gasteiger partial charge in [0.2, 0.25) is 0 Å². The topological polar surface area (TPSA) is 21.3 Å². The minimum absolute atomic E-state index is 0.243. The summed E-state index contributed by atoms with van der Waals surface area (Å²) in [5.74, 6) is -0.810. The Labute approximate surface area is 117 Å². The summed E-state index contributed by atoms with van der Waals surface area (Å²) >= 11 is 0. The second-order valence-electron chi connectivity index (χ2n) is 4.89. The van der Waals surface area contributed by atoms with E-state index in [1.54, 1.807) is 0 Å². The molecule has 1 aliphatic carbocycles. The average molecular weight is 313 g/mol. The van der Waals surface area contributed by atoms with Gasteiger partial charge in [-0.15, -0.1) is 0 Å². The van der Waals surface area contributed by atoms with Gasteiger partial charge in [-0.25, -0.2) is 0 Å². The van der Waals surface area contributed by atoms with Gasteiger partial charge in [-0.1, -0.05) is 6.07 Å². The monoisotopic (exact) mass is 313 g/mol. The Morgan fingerprint density at radius 3 is 2.29 bits per heavy atom. The van der Waals surface area contributed by atoms with Crippen LogP contribution in [0.5, 0.6) is 5.75 Å².